The Labute approximate surface area is 500 Å². The maximum absolute atomic E-state index is 5.53. The first kappa shape index (κ1) is 49.0. The molecule has 0 N–H and O–H groups in total. The summed E-state index contributed by atoms with van der Waals surface area (Å²) in [6, 6.07) is 95.1. The van der Waals surface area contributed by atoms with Crippen molar-refractivity contribution in [1.82, 2.24) is 19.9 Å². The summed E-state index contributed by atoms with van der Waals surface area (Å²) in [6.07, 6.45) is 3.90. The second kappa shape index (κ2) is 17.6. The van der Waals surface area contributed by atoms with E-state index in [9.17, 15) is 0 Å². The average Bonchev–Trinajstić information content (AvgIpc) is 1.42. The van der Waals surface area contributed by atoms with Crippen LogP contribution in [-0.4, -0.2) is 19.9 Å². The minimum atomic E-state index is -0.585. The first-order chi connectivity index (χ1) is 42.1. The molecule has 1 unspecified atom stereocenters. The van der Waals surface area contributed by atoms with Crippen LogP contribution in [0, 0.1) is 0 Å². The molecule has 1 atom stereocenters. The fraction of sp³-hybridized carbons (Fsp3) is 0.0976. The van der Waals surface area contributed by atoms with Gasteiger partial charge in [0.05, 0.1) is 33.1 Å². The van der Waals surface area contributed by atoms with Crippen molar-refractivity contribution < 1.29 is 0 Å². The standard InChI is InChI=1S/C82H56N4/c1-79(2)64-28-12-15-31-67(64)81(68-32-16-13-29-65(68)79)61-26-10-8-23-57(61)60-45-54(39-41-63(60)81)75-59-40-37-52(47-73(59)85-78(86-75)50-20-6-5-7-21-50)51-38-42-70-72(46-51)80(3,4)66-30-14-17-33-69(66)82(70)62-27-11-9-24-58(62)74-56(25-18-34-71(74)82)55-44-53-36-35-49-22-19-43-83-76(49)77(53)84-48-55/h5-48H,1-4H3. The van der Waals surface area contributed by atoms with Crippen LogP contribution in [0.25, 0.3) is 99.9 Å². The Hall–Kier alpha value is -10.4. The Bertz CT molecular complexity index is 5210. The highest BCUT2D eigenvalue weighted by Crippen LogP contribution is 2.65. The molecule has 0 amide bonds. The van der Waals surface area contributed by atoms with E-state index in [1.165, 1.54) is 94.6 Å². The van der Waals surface area contributed by atoms with E-state index in [-0.39, 0.29) is 10.8 Å². The van der Waals surface area contributed by atoms with Gasteiger partial charge in [0.1, 0.15) is 0 Å². The highest BCUT2D eigenvalue weighted by molar-refractivity contribution is 6.05. The van der Waals surface area contributed by atoms with Gasteiger partial charge in [-0.15, -0.1) is 0 Å². The van der Waals surface area contributed by atoms with Crippen molar-refractivity contribution >= 4 is 32.7 Å². The van der Waals surface area contributed by atoms with Crippen molar-refractivity contribution in [3.63, 3.8) is 0 Å². The van der Waals surface area contributed by atoms with E-state index in [0.717, 1.165) is 66.2 Å². The molecule has 0 saturated carbocycles. The van der Waals surface area contributed by atoms with Crippen molar-refractivity contribution in [1.29, 1.82) is 0 Å². The third-order valence-corrected chi connectivity index (χ3v) is 20.3. The minimum Gasteiger partial charge on any atom is -0.254 e. The van der Waals surface area contributed by atoms with E-state index in [1.807, 2.05) is 18.5 Å². The third-order valence-electron chi connectivity index (χ3n) is 20.3. The van der Waals surface area contributed by atoms with Gasteiger partial charge in [-0.05, 0) is 142 Å². The topological polar surface area (TPSA) is 51.6 Å². The number of aromatic nitrogens is 4. The molecule has 14 aromatic rings. The molecule has 4 aliphatic rings. The van der Waals surface area contributed by atoms with Gasteiger partial charge in [-0.3, -0.25) is 9.97 Å². The Morgan fingerprint density at radius 2 is 0.814 bits per heavy atom. The molecule has 86 heavy (non-hydrogen) atoms. The van der Waals surface area contributed by atoms with Crippen LogP contribution in [0.3, 0.4) is 0 Å². The van der Waals surface area contributed by atoms with Crippen molar-refractivity contribution in [2.75, 3.05) is 0 Å². The fourth-order valence-electron chi connectivity index (χ4n) is 16.5. The van der Waals surface area contributed by atoms with E-state index in [4.69, 9.17) is 19.9 Å². The van der Waals surface area contributed by atoms with Gasteiger partial charge in [0.25, 0.3) is 0 Å². The van der Waals surface area contributed by atoms with Gasteiger partial charge in [-0.2, -0.15) is 0 Å². The fourth-order valence-corrected chi connectivity index (χ4v) is 16.5. The molecule has 0 saturated heterocycles. The summed E-state index contributed by atoms with van der Waals surface area (Å²) in [5, 5.41) is 3.18. The zero-order chi connectivity index (χ0) is 57.3. The molecule has 4 aliphatic carbocycles. The van der Waals surface area contributed by atoms with Crippen LogP contribution < -0.4 is 0 Å². The summed E-state index contributed by atoms with van der Waals surface area (Å²) in [5.41, 5.74) is 29.6. The lowest BCUT2D eigenvalue weighted by Gasteiger charge is -2.47. The predicted octanol–water partition coefficient (Wildman–Crippen LogP) is 19.4. The highest BCUT2D eigenvalue weighted by Gasteiger charge is 2.55. The number of hydrogen-bond donors (Lipinski definition) is 0. The van der Waals surface area contributed by atoms with E-state index in [1.54, 1.807) is 0 Å². The first-order valence-electron chi connectivity index (χ1n) is 30.1. The highest BCUT2D eigenvalue weighted by atomic mass is 14.9. The number of benzene rings is 11. The zero-order valence-electron chi connectivity index (χ0n) is 48.2. The summed E-state index contributed by atoms with van der Waals surface area (Å²) < 4.78 is 0. The molecular weight excluding hydrogens is 1040 g/mol. The Kier molecular flexibility index (Phi) is 10.0. The molecule has 18 rings (SSSR count). The minimum absolute atomic E-state index is 0.169. The average molecular weight is 1100 g/mol. The quantitative estimate of drug-likeness (QED) is 0.165. The second-order valence-corrected chi connectivity index (χ2v) is 25.2. The summed E-state index contributed by atoms with van der Waals surface area (Å²) in [4.78, 5) is 20.9. The number of pyridine rings is 2. The Morgan fingerprint density at radius 3 is 1.55 bits per heavy atom. The van der Waals surface area contributed by atoms with Crippen molar-refractivity contribution in [3.05, 3.63) is 334 Å². The first-order valence-corrected chi connectivity index (χ1v) is 30.1. The van der Waals surface area contributed by atoms with Gasteiger partial charge >= 0.3 is 0 Å². The molecular formula is C82H56N4. The SMILES string of the molecule is CC1(C)c2ccccc2C2(c3ccccc3-c3cc(-c4nc(-c5ccccc5)nc5cc(-c6ccc7c(c6)C(C)(C)c6ccccc6C76c7ccccc7-c7c(-c8cnc9c(ccc%10cccnc%109)c8)cccc76)ccc45)ccc32)c2ccccc21. The zero-order valence-corrected chi connectivity index (χ0v) is 48.2. The van der Waals surface area contributed by atoms with Crippen LogP contribution >= 0.6 is 0 Å². The van der Waals surface area contributed by atoms with E-state index < -0.39 is 10.8 Å². The monoisotopic (exact) mass is 1100 g/mol. The van der Waals surface area contributed by atoms with Gasteiger partial charge in [0.15, 0.2) is 5.82 Å². The van der Waals surface area contributed by atoms with Crippen molar-refractivity contribution in [2.45, 2.75) is 49.4 Å². The molecule has 2 spiro atoms. The Balaban J connectivity index is 0.809. The van der Waals surface area contributed by atoms with Crippen LogP contribution in [0.1, 0.15) is 94.5 Å². The van der Waals surface area contributed by atoms with Crippen LogP contribution in [0.4, 0.5) is 0 Å². The number of fused-ring (bicyclic) bond motifs is 22. The van der Waals surface area contributed by atoms with Crippen LogP contribution in [-0.2, 0) is 21.7 Å². The van der Waals surface area contributed by atoms with E-state index in [2.05, 4.69) is 276 Å². The largest absolute Gasteiger partial charge is 0.254 e. The molecule has 4 heteroatoms. The number of hydrogen-bond acceptors (Lipinski definition) is 4. The normalized spacial score (nSPS) is 16.5. The summed E-state index contributed by atoms with van der Waals surface area (Å²) in [7, 11) is 0. The second-order valence-electron chi connectivity index (χ2n) is 25.2. The van der Waals surface area contributed by atoms with Crippen molar-refractivity contribution in [2.24, 2.45) is 0 Å². The van der Waals surface area contributed by atoms with Crippen molar-refractivity contribution in [3.8, 4) is 67.2 Å². The summed E-state index contributed by atoms with van der Waals surface area (Å²) in [6.45, 7) is 9.59. The van der Waals surface area contributed by atoms with E-state index in [0.29, 0.717) is 5.82 Å². The lowest BCUT2D eigenvalue weighted by atomic mass is 9.55. The predicted molar refractivity (Wildman–Crippen MR) is 351 cm³/mol. The molecule has 3 aromatic heterocycles. The number of rotatable bonds is 4. The molecule has 0 bridgehead atoms. The summed E-state index contributed by atoms with van der Waals surface area (Å²) >= 11 is 0. The van der Waals surface area contributed by atoms with E-state index >= 15 is 0 Å². The van der Waals surface area contributed by atoms with Gasteiger partial charge in [0, 0.05) is 56.1 Å². The van der Waals surface area contributed by atoms with Gasteiger partial charge < -0.3 is 0 Å². The summed E-state index contributed by atoms with van der Waals surface area (Å²) in [5.74, 6) is 0.702. The van der Waals surface area contributed by atoms with Gasteiger partial charge in [-0.1, -0.05) is 246 Å². The third kappa shape index (κ3) is 6.37. The molecule has 0 radical (unpaired) electrons. The molecule has 404 valence electrons. The van der Waals surface area contributed by atoms with Gasteiger partial charge in [0.2, 0.25) is 0 Å². The maximum Gasteiger partial charge on any atom is 0.160 e. The van der Waals surface area contributed by atoms with Gasteiger partial charge in [-0.25, -0.2) is 9.97 Å². The molecule has 3 heterocycles. The smallest absolute Gasteiger partial charge is 0.160 e. The van der Waals surface area contributed by atoms with Crippen LogP contribution in [0.15, 0.2) is 267 Å². The molecule has 0 aliphatic heterocycles. The molecule has 0 fully saturated rings. The maximum atomic E-state index is 5.53. The number of nitrogens with zero attached hydrogens (tertiary/aromatic N) is 4. The molecule has 11 aromatic carbocycles. The Morgan fingerprint density at radius 1 is 0.291 bits per heavy atom. The lowest BCUT2D eigenvalue weighted by Crippen LogP contribution is -2.40. The van der Waals surface area contributed by atoms with Crippen LogP contribution in [0.5, 0.6) is 0 Å². The molecule has 4 nitrogen and oxygen atoms in total. The lowest BCUT2D eigenvalue weighted by molar-refractivity contribution is 0.563. The van der Waals surface area contributed by atoms with Crippen LogP contribution in [0.2, 0.25) is 0 Å².